The molecule has 0 aliphatic heterocycles. The summed E-state index contributed by atoms with van der Waals surface area (Å²) in [4.78, 5) is 22.8. The first-order chi connectivity index (χ1) is 5.59. The fourth-order valence-electron chi connectivity index (χ4n) is 2.10. The number of Topliss-reactive ketones (excluding diaryl/α,β-unsaturated/α-hetero) is 2. The summed E-state index contributed by atoms with van der Waals surface area (Å²) >= 11 is 1.61. The lowest BCUT2D eigenvalue weighted by atomic mass is 9.87. The molecule has 3 heteroatoms. The molecule has 0 aromatic rings. The second-order valence-corrected chi connectivity index (χ2v) is 5.08. The van der Waals surface area contributed by atoms with Gasteiger partial charge < -0.3 is 0 Å². The number of ketones is 2. The highest BCUT2D eigenvalue weighted by atomic mass is 32.2. The van der Waals surface area contributed by atoms with Crippen molar-refractivity contribution >= 4 is 23.3 Å². The van der Waals surface area contributed by atoms with Gasteiger partial charge in [-0.2, -0.15) is 11.8 Å². The molecule has 0 aromatic heterocycles. The zero-order valence-electron chi connectivity index (χ0n) is 7.29. The van der Waals surface area contributed by atoms with E-state index >= 15 is 0 Å². The molecule has 3 atom stereocenters. The third kappa shape index (κ3) is 0.889. The lowest BCUT2D eigenvalue weighted by Crippen LogP contribution is -2.40. The number of carbonyl (C=O) groups is 2. The largest absolute Gasteiger partial charge is 0.299 e. The van der Waals surface area contributed by atoms with Crippen molar-refractivity contribution in [1.82, 2.24) is 0 Å². The third-order valence-corrected chi connectivity index (χ3v) is 4.60. The molecule has 66 valence electrons. The molecule has 0 spiro atoms. The van der Waals surface area contributed by atoms with Crippen LogP contribution in [0.3, 0.4) is 0 Å². The van der Waals surface area contributed by atoms with Crippen LogP contribution in [-0.2, 0) is 9.59 Å². The number of rotatable bonds is 1. The average Bonchev–Trinajstić information content (AvgIpc) is 2.80. The Kier molecular flexibility index (Phi) is 1.62. The molecular weight excluding hydrogens is 172 g/mol. The molecule has 2 rings (SSSR count). The first kappa shape index (κ1) is 8.30. The van der Waals surface area contributed by atoms with Crippen LogP contribution in [0.5, 0.6) is 0 Å². The minimum absolute atomic E-state index is 0.138. The van der Waals surface area contributed by atoms with Gasteiger partial charge in [0.25, 0.3) is 0 Å². The minimum atomic E-state index is -0.251. The van der Waals surface area contributed by atoms with E-state index in [1.807, 2.05) is 13.2 Å². The predicted molar refractivity (Wildman–Crippen MR) is 48.1 cm³/mol. The van der Waals surface area contributed by atoms with Crippen molar-refractivity contribution in [2.24, 2.45) is 11.8 Å². The average molecular weight is 184 g/mol. The summed E-state index contributed by atoms with van der Waals surface area (Å²) in [5.41, 5.74) is 0. The summed E-state index contributed by atoms with van der Waals surface area (Å²) in [7, 11) is 0. The maximum Gasteiger partial charge on any atom is 0.156 e. The van der Waals surface area contributed by atoms with Gasteiger partial charge in [0.05, 0.1) is 11.2 Å². The molecule has 2 fully saturated rings. The predicted octanol–water partition coefficient (Wildman–Crippen LogP) is 1.29. The van der Waals surface area contributed by atoms with Gasteiger partial charge in [-0.25, -0.2) is 0 Å². The smallest absolute Gasteiger partial charge is 0.156 e. The van der Waals surface area contributed by atoms with Gasteiger partial charge >= 0.3 is 0 Å². The highest BCUT2D eigenvalue weighted by Gasteiger charge is 2.60. The number of carbonyl (C=O) groups excluding carboxylic acids is 2. The van der Waals surface area contributed by atoms with Crippen LogP contribution in [0, 0.1) is 11.8 Å². The molecule has 0 heterocycles. The summed E-state index contributed by atoms with van der Waals surface area (Å²) in [6.45, 7) is 1.98. The number of hydrogen-bond donors (Lipinski definition) is 0. The van der Waals surface area contributed by atoms with Crippen LogP contribution in [0.25, 0.3) is 0 Å². The second kappa shape index (κ2) is 2.34. The monoisotopic (exact) mass is 184 g/mol. The van der Waals surface area contributed by atoms with E-state index in [-0.39, 0.29) is 28.7 Å². The summed E-state index contributed by atoms with van der Waals surface area (Å²) in [6.07, 6.45) is 3.09. The van der Waals surface area contributed by atoms with E-state index in [1.54, 1.807) is 11.8 Å². The van der Waals surface area contributed by atoms with Crippen molar-refractivity contribution in [2.45, 2.75) is 24.5 Å². The Morgan fingerprint density at radius 1 is 1.50 bits per heavy atom. The first-order valence-corrected chi connectivity index (χ1v) is 5.43. The molecule has 0 bridgehead atoms. The van der Waals surface area contributed by atoms with Gasteiger partial charge in [-0.1, -0.05) is 0 Å². The van der Waals surface area contributed by atoms with Crippen molar-refractivity contribution in [1.29, 1.82) is 0 Å². The van der Waals surface area contributed by atoms with Gasteiger partial charge in [0, 0.05) is 5.92 Å². The van der Waals surface area contributed by atoms with E-state index in [9.17, 15) is 9.59 Å². The van der Waals surface area contributed by atoms with Gasteiger partial charge in [-0.05, 0) is 25.5 Å². The van der Waals surface area contributed by atoms with Crippen LogP contribution in [0.1, 0.15) is 19.8 Å². The van der Waals surface area contributed by atoms with E-state index in [1.165, 1.54) is 0 Å². The molecule has 2 nitrogen and oxygen atoms in total. The number of thioether (sulfide) groups is 1. The standard InChI is InChI=1S/C9H12O2S/c1-9(12-2)6-3-5(6)7(10)4-8(9)11/h5-6H,3-4H2,1-2H3. The van der Waals surface area contributed by atoms with E-state index in [2.05, 4.69) is 0 Å². The zero-order valence-corrected chi connectivity index (χ0v) is 8.11. The maximum absolute atomic E-state index is 11.6. The Hall–Kier alpha value is -0.310. The Balaban J connectivity index is 2.27. The summed E-state index contributed by atoms with van der Waals surface area (Å²) in [5.74, 6) is 0.886. The Bertz CT molecular complexity index is 261. The van der Waals surface area contributed by atoms with Gasteiger partial charge in [-0.3, -0.25) is 9.59 Å². The summed E-state index contributed by atoms with van der Waals surface area (Å²) < 4.78 is -0.251. The first-order valence-electron chi connectivity index (χ1n) is 4.20. The highest BCUT2D eigenvalue weighted by molar-refractivity contribution is 8.00. The van der Waals surface area contributed by atoms with Gasteiger partial charge in [0.2, 0.25) is 0 Å². The van der Waals surface area contributed by atoms with Gasteiger partial charge in [0.15, 0.2) is 5.78 Å². The lowest BCUT2D eigenvalue weighted by Gasteiger charge is -2.29. The van der Waals surface area contributed by atoms with Crippen molar-refractivity contribution in [2.75, 3.05) is 6.26 Å². The van der Waals surface area contributed by atoms with E-state index in [0.717, 1.165) is 6.42 Å². The van der Waals surface area contributed by atoms with Crippen molar-refractivity contribution in [3.63, 3.8) is 0 Å². The van der Waals surface area contributed by atoms with E-state index < -0.39 is 0 Å². The van der Waals surface area contributed by atoms with Crippen LogP contribution in [-0.4, -0.2) is 22.6 Å². The van der Waals surface area contributed by atoms with Gasteiger partial charge in [-0.15, -0.1) is 0 Å². The van der Waals surface area contributed by atoms with Crippen molar-refractivity contribution in [3.05, 3.63) is 0 Å². The fourth-order valence-corrected chi connectivity index (χ4v) is 2.96. The number of hydrogen-bond acceptors (Lipinski definition) is 3. The molecule has 0 saturated heterocycles. The molecular formula is C9H12O2S. The Labute approximate surface area is 76.1 Å². The molecule has 0 aromatic carbocycles. The normalized spacial score (nSPS) is 45.8. The SMILES string of the molecule is CSC1(C)C(=O)CC(=O)C2CC21. The van der Waals surface area contributed by atoms with Crippen molar-refractivity contribution in [3.8, 4) is 0 Å². The quantitative estimate of drug-likeness (QED) is 0.576. The highest BCUT2D eigenvalue weighted by Crippen LogP contribution is 2.56. The van der Waals surface area contributed by atoms with Crippen molar-refractivity contribution < 1.29 is 9.59 Å². The summed E-state index contributed by atoms with van der Waals surface area (Å²) in [6, 6.07) is 0. The molecule has 3 unspecified atom stereocenters. The van der Waals surface area contributed by atoms with Crippen LogP contribution in [0.4, 0.5) is 0 Å². The van der Waals surface area contributed by atoms with Crippen LogP contribution >= 0.6 is 11.8 Å². The van der Waals surface area contributed by atoms with Crippen LogP contribution in [0.15, 0.2) is 0 Å². The van der Waals surface area contributed by atoms with Crippen LogP contribution in [0.2, 0.25) is 0 Å². The third-order valence-electron chi connectivity index (χ3n) is 3.22. The van der Waals surface area contributed by atoms with Crippen LogP contribution < -0.4 is 0 Å². The molecule has 12 heavy (non-hydrogen) atoms. The molecule has 0 amide bonds. The van der Waals surface area contributed by atoms with E-state index in [4.69, 9.17) is 0 Å². The van der Waals surface area contributed by atoms with Gasteiger partial charge in [0.1, 0.15) is 5.78 Å². The second-order valence-electron chi connectivity index (χ2n) is 3.83. The zero-order chi connectivity index (χ0) is 8.93. The topological polar surface area (TPSA) is 34.1 Å². The maximum atomic E-state index is 11.6. The Morgan fingerprint density at radius 2 is 2.17 bits per heavy atom. The molecule has 2 saturated carbocycles. The molecule has 2 aliphatic rings. The summed E-state index contributed by atoms with van der Waals surface area (Å²) in [5, 5.41) is 0. The Morgan fingerprint density at radius 3 is 2.75 bits per heavy atom. The number of fused-ring (bicyclic) bond motifs is 1. The fraction of sp³-hybridized carbons (Fsp3) is 0.778. The minimum Gasteiger partial charge on any atom is -0.299 e. The lowest BCUT2D eigenvalue weighted by molar-refractivity contribution is -0.131. The molecule has 0 radical (unpaired) electrons. The molecule has 2 aliphatic carbocycles. The van der Waals surface area contributed by atoms with E-state index in [0.29, 0.717) is 5.92 Å². The molecule has 0 N–H and O–H groups in total.